The maximum absolute atomic E-state index is 12.7. The zero-order valence-electron chi connectivity index (χ0n) is 16.7. The van der Waals surface area contributed by atoms with Gasteiger partial charge in [-0.2, -0.15) is 0 Å². The van der Waals surface area contributed by atoms with Gasteiger partial charge in [-0.25, -0.2) is 4.79 Å². The van der Waals surface area contributed by atoms with Crippen LogP contribution >= 0.6 is 0 Å². The van der Waals surface area contributed by atoms with Crippen LogP contribution in [0.1, 0.15) is 46.6 Å². The third kappa shape index (κ3) is 5.45. The monoisotopic (exact) mass is 375 g/mol. The number of fused-ring (bicyclic) bond motifs is 1. The molecule has 2 N–H and O–H groups in total. The van der Waals surface area contributed by atoms with E-state index in [1.54, 1.807) is 34.6 Å². The second kappa shape index (κ2) is 8.41. The highest BCUT2D eigenvalue weighted by atomic mass is 16.6. The molecule has 7 heteroatoms. The first-order valence-corrected chi connectivity index (χ1v) is 9.31. The van der Waals surface area contributed by atoms with Gasteiger partial charge in [0.1, 0.15) is 17.7 Å². The summed E-state index contributed by atoms with van der Waals surface area (Å²) < 4.78 is 5.36. The van der Waals surface area contributed by atoms with E-state index in [2.05, 4.69) is 10.6 Å². The van der Waals surface area contributed by atoms with Crippen LogP contribution in [0.3, 0.4) is 0 Å². The molecule has 0 aliphatic carbocycles. The van der Waals surface area contributed by atoms with Crippen molar-refractivity contribution in [2.24, 2.45) is 0 Å². The highest BCUT2D eigenvalue weighted by Gasteiger charge is 2.32. The van der Waals surface area contributed by atoms with Crippen LogP contribution in [0.2, 0.25) is 0 Å². The number of likely N-dealkylation sites (N-methyl/N-ethyl adjacent to an activating group) is 1. The third-order valence-electron chi connectivity index (χ3n) is 4.43. The number of hydrogen-bond acceptors (Lipinski definition) is 4. The number of carbonyl (C=O) groups is 3. The van der Waals surface area contributed by atoms with Gasteiger partial charge in [0.25, 0.3) is 0 Å². The minimum Gasteiger partial charge on any atom is -0.444 e. The van der Waals surface area contributed by atoms with Gasteiger partial charge in [-0.05, 0) is 59.1 Å². The van der Waals surface area contributed by atoms with Crippen LogP contribution in [0.5, 0.6) is 0 Å². The largest absolute Gasteiger partial charge is 0.444 e. The molecule has 0 saturated carbocycles. The van der Waals surface area contributed by atoms with Gasteiger partial charge in [-0.1, -0.05) is 18.2 Å². The van der Waals surface area contributed by atoms with Crippen molar-refractivity contribution in [3.63, 3.8) is 0 Å². The van der Waals surface area contributed by atoms with E-state index in [9.17, 15) is 14.4 Å². The van der Waals surface area contributed by atoms with Gasteiger partial charge in [-0.15, -0.1) is 0 Å². The van der Waals surface area contributed by atoms with Crippen LogP contribution in [-0.2, 0) is 20.7 Å². The van der Waals surface area contributed by atoms with Gasteiger partial charge < -0.3 is 15.4 Å². The third-order valence-corrected chi connectivity index (χ3v) is 4.43. The van der Waals surface area contributed by atoms with Crippen molar-refractivity contribution in [3.8, 4) is 0 Å². The lowest BCUT2D eigenvalue weighted by atomic mass is 10.1. The zero-order valence-corrected chi connectivity index (χ0v) is 16.7. The first-order valence-electron chi connectivity index (χ1n) is 9.31. The number of benzene rings is 1. The van der Waals surface area contributed by atoms with Gasteiger partial charge in [-0.3, -0.25) is 14.5 Å². The highest BCUT2D eigenvalue weighted by Crippen LogP contribution is 2.21. The first kappa shape index (κ1) is 20.7. The fraction of sp³-hybridized carbons (Fsp3) is 0.550. The Bertz CT molecular complexity index is 711. The molecule has 2 atom stereocenters. The Balaban J connectivity index is 2.03. The van der Waals surface area contributed by atoms with E-state index in [1.807, 2.05) is 24.3 Å². The highest BCUT2D eigenvalue weighted by molar-refractivity contribution is 5.99. The van der Waals surface area contributed by atoms with E-state index in [-0.39, 0.29) is 11.8 Å². The van der Waals surface area contributed by atoms with Crippen LogP contribution < -0.4 is 10.6 Å². The Hall–Kier alpha value is -2.57. The fourth-order valence-electron chi connectivity index (χ4n) is 2.96. The Morgan fingerprint density at radius 3 is 2.63 bits per heavy atom. The van der Waals surface area contributed by atoms with Gasteiger partial charge in [0, 0.05) is 12.2 Å². The quantitative estimate of drug-likeness (QED) is 0.847. The minimum atomic E-state index is -0.747. The van der Waals surface area contributed by atoms with E-state index in [0.29, 0.717) is 19.4 Å². The molecule has 1 aliphatic rings. The molecule has 0 unspecified atom stereocenters. The van der Waals surface area contributed by atoms with Crippen molar-refractivity contribution in [1.29, 1.82) is 0 Å². The lowest BCUT2D eigenvalue weighted by Crippen LogP contribution is -2.53. The SMILES string of the molecule is CCN(C(=O)OC(C)(C)C)[C@@H](C)C(=O)N[C@H]1CCc2ccccc2NC1=O. The molecule has 0 fully saturated rings. The summed E-state index contributed by atoms with van der Waals surface area (Å²) >= 11 is 0. The number of carbonyl (C=O) groups excluding carboxylic acids is 3. The summed E-state index contributed by atoms with van der Waals surface area (Å²) in [5, 5.41) is 5.63. The first-order chi connectivity index (χ1) is 12.6. The van der Waals surface area contributed by atoms with Crippen molar-refractivity contribution in [2.75, 3.05) is 11.9 Å². The second-order valence-corrected chi connectivity index (χ2v) is 7.69. The molecule has 3 amide bonds. The molecule has 1 aromatic rings. The van der Waals surface area contributed by atoms with Crippen LogP contribution in [0, 0.1) is 0 Å². The molecular formula is C20H29N3O4. The lowest BCUT2D eigenvalue weighted by Gasteiger charge is -2.30. The smallest absolute Gasteiger partial charge is 0.410 e. The maximum Gasteiger partial charge on any atom is 0.410 e. The van der Waals surface area contributed by atoms with Crippen LogP contribution in [0.4, 0.5) is 10.5 Å². The number of amides is 3. The van der Waals surface area contributed by atoms with Gasteiger partial charge in [0.2, 0.25) is 11.8 Å². The predicted molar refractivity (Wildman–Crippen MR) is 103 cm³/mol. The number of para-hydroxylation sites is 1. The number of anilines is 1. The van der Waals surface area contributed by atoms with Crippen LogP contribution in [-0.4, -0.2) is 47.0 Å². The number of aryl methyl sites for hydroxylation is 1. The molecule has 0 aromatic heterocycles. The summed E-state index contributed by atoms with van der Waals surface area (Å²) in [6, 6.07) is 6.20. The molecule has 1 heterocycles. The second-order valence-electron chi connectivity index (χ2n) is 7.69. The van der Waals surface area contributed by atoms with Gasteiger partial charge >= 0.3 is 6.09 Å². The number of nitrogens with zero attached hydrogens (tertiary/aromatic N) is 1. The van der Waals surface area contributed by atoms with E-state index in [4.69, 9.17) is 4.74 Å². The Morgan fingerprint density at radius 2 is 2.00 bits per heavy atom. The van der Waals surface area contributed by atoms with E-state index >= 15 is 0 Å². The average Bonchev–Trinajstić information content (AvgIpc) is 2.73. The number of hydrogen-bond donors (Lipinski definition) is 2. The molecule has 0 spiro atoms. The molecule has 148 valence electrons. The molecule has 0 saturated heterocycles. The summed E-state index contributed by atoms with van der Waals surface area (Å²) in [5.41, 5.74) is 1.17. The van der Waals surface area contributed by atoms with Gasteiger partial charge in [0.05, 0.1) is 0 Å². The predicted octanol–water partition coefficient (Wildman–Crippen LogP) is 2.70. The van der Waals surface area contributed by atoms with Crippen LogP contribution in [0.25, 0.3) is 0 Å². The maximum atomic E-state index is 12.7. The van der Waals surface area contributed by atoms with Gasteiger partial charge in [0.15, 0.2) is 0 Å². The lowest BCUT2D eigenvalue weighted by molar-refractivity contribution is -0.129. The van der Waals surface area contributed by atoms with E-state index in [0.717, 1.165) is 11.3 Å². The molecule has 7 nitrogen and oxygen atoms in total. The minimum absolute atomic E-state index is 0.249. The van der Waals surface area contributed by atoms with Crippen molar-refractivity contribution in [2.45, 2.75) is 65.1 Å². The number of ether oxygens (including phenoxy) is 1. The Kier molecular flexibility index (Phi) is 6.46. The summed E-state index contributed by atoms with van der Waals surface area (Å²) in [6.45, 7) is 9.06. The zero-order chi connectivity index (χ0) is 20.2. The number of rotatable bonds is 4. The Labute approximate surface area is 160 Å². The van der Waals surface area contributed by atoms with Crippen molar-refractivity contribution >= 4 is 23.6 Å². The summed E-state index contributed by atoms with van der Waals surface area (Å²) in [6.07, 6.45) is 0.628. The van der Waals surface area contributed by atoms with Crippen molar-refractivity contribution < 1.29 is 19.1 Å². The molecule has 2 rings (SSSR count). The van der Waals surface area contributed by atoms with E-state index < -0.39 is 23.8 Å². The molecule has 0 radical (unpaired) electrons. The number of nitrogens with one attached hydrogen (secondary N) is 2. The summed E-state index contributed by atoms with van der Waals surface area (Å²) in [5.74, 6) is -0.630. The molecular weight excluding hydrogens is 346 g/mol. The average molecular weight is 375 g/mol. The van der Waals surface area contributed by atoms with E-state index in [1.165, 1.54) is 4.90 Å². The Morgan fingerprint density at radius 1 is 1.33 bits per heavy atom. The normalized spacial score (nSPS) is 17.8. The standard InChI is InChI=1S/C20H29N3O4/c1-6-23(19(26)27-20(3,4)5)13(2)17(24)22-16-12-11-14-9-7-8-10-15(14)21-18(16)25/h7-10,13,16H,6,11-12H2,1-5H3,(H,21,25)(H,22,24)/t13-,16-/m0/s1. The molecule has 1 aromatic carbocycles. The van der Waals surface area contributed by atoms with Crippen LogP contribution in [0.15, 0.2) is 24.3 Å². The van der Waals surface area contributed by atoms with Crippen molar-refractivity contribution in [3.05, 3.63) is 29.8 Å². The van der Waals surface area contributed by atoms with Crippen molar-refractivity contribution in [1.82, 2.24) is 10.2 Å². The summed E-state index contributed by atoms with van der Waals surface area (Å²) in [7, 11) is 0. The molecule has 1 aliphatic heterocycles. The summed E-state index contributed by atoms with van der Waals surface area (Å²) in [4.78, 5) is 38.8. The fourth-order valence-corrected chi connectivity index (χ4v) is 2.96. The molecule has 0 bridgehead atoms. The molecule has 27 heavy (non-hydrogen) atoms. The topological polar surface area (TPSA) is 87.7 Å².